The molecular formula is C17H22N2. The van der Waals surface area contributed by atoms with Crippen molar-refractivity contribution < 1.29 is 0 Å². The van der Waals surface area contributed by atoms with Gasteiger partial charge in [-0.2, -0.15) is 5.10 Å². The fraction of sp³-hybridized carbons (Fsp3) is 0.471. The lowest BCUT2D eigenvalue weighted by Crippen LogP contribution is -2.07. The summed E-state index contributed by atoms with van der Waals surface area (Å²) in [5.74, 6) is 0.678. The predicted molar refractivity (Wildman–Crippen MR) is 78.9 cm³/mol. The molecule has 0 atom stereocenters. The first-order chi connectivity index (χ1) is 9.27. The fourth-order valence-corrected chi connectivity index (χ4v) is 3.19. The molecular weight excluding hydrogens is 232 g/mol. The topological polar surface area (TPSA) is 17.8 Å². The minimum Gasteiger partial charge on any atom is -0.238 e. The summed E-state index contributed by atoms with van der Waals surface area (Å²) in [5, 5.41) is 4.92. The highest BCUT2D eigenvalue weighted by molar-refractivity contribution is 5.37. The molecule has 0 bridgehead atoms. The predicted octanol–water partition coefficient (Wildman–Crippen LogP) is 4.54. The van der Waals surface area contributed by atoms with Crippen LogP contribution in [-0.2, 0) is 0 Å². The van der Waals surface area contributed by atoms with Crippen molar-refractivity contribution in [3.05, 3.63) is 47.3 Å². The Morgan fingerprint density at radius 2 is 1.68 bits per heavy atom. The Hall–Kier alpha value is -1.57. The smallest absolute Gasteiger partial charge is 0.0691 e. The fourth-order valence-electron chi connectivity index (χ4n) is 3.19. The molecule has 0 radical (unpaired) electrons. The molecule has 1 aromatic heterocycles. The Labute approximate surface area is 115 Å². The summed E-state index contributed by atoms with van der Waals surface area (Å²) in [7, 11) is 0. The number of benzene rings is 1. The van der Waals surface area contributed by atoms with Crippen molar-refractivity contribution in [1.29, 1.82) is 0 Å². The van der Waals surface area contributed by atoms with Crippen LogP contribution < -0.4 is 0 Å². The molecule has 0 unspecified atom stereocenters. The lowest BCUT2D eigenvalue weighted by Gasteiger charge is -2.20. The van der Waals surface area contributed by atoms with Crippen LogP contribution in [0.1, 0.15) is 55.0 Å². The van der Waals surface area contributed by atoms with E-state index in [1.807, 2.05) is 0 Å². The van der Waals surface area contributed by atoms with Crippen molar-refractivity contribution in [2.75, 3.05) is 0 Å². The van der Waals surface area contributed by atoms with Crippen molar-refractivity contribution >= 4 is 0 Å². The molecule has 0 spiro atoms. The second-order valence-corrected chi connectivity index (χ2v) is 5.68. The van der Waals surface area contributed by atoms with Crippen LogP contribution in [-0.4, -0.2) is 9.78 Å². The van der Waals surface area contributed by atoms with Gasteiger partial charge in [-0.25, -0.2) is 4.68 Å². The second kappa shape index (κ2) is 5.20. The lowest BCUT2D eigenvalue weighted by atomic mass is 9.85. The maximum absolute atomic E-state index is 4.92. The van der Waals surface area contributed by atoms with Crippen LogP contribution in [0, 0.1) is 13.8 Å². The van der Waals surface area contributed by atoms with Crippen LogP contribution >= 0.6 is 0 Å². The largest absolute Gasteiger partial charge is 0.238 e. The molecule has 2 aromatic rings. The van der Waals surface area contributed by atoms with Gasteiger partial charge in [-0.05, 0) is 44.4 Å². The molecule has 1 saturated carbocycles. The zero-order valence-corrected chi connectivity index (χ0v) is 11.9. The molecule has 2 nitrogen and oxygen atoms in total. The summed E-state index contributed by atoms with van der Waals surface area (Å²) in [5.41, 5.74) is 5.17. The zero-order valence-electron chi connectivity index (χ0n) is 11.9. The van der Waals surface area contributed by atoms with Gasteiger partial charge in [0.1, 0.15) is 0 Å². The molecule has 2 heteroatoms. The Morgan fingerprint density at radius 3 is 2.37 bits per heavy atom. The highest BCUT2D eigenvalue weighted by atomic mass is 15.3. The van der Waals surface area contributed by atoms with E-state index in [-0.39, 0.29) is 0 Å². The third-order valence-corrected chi connectivity index (χ3v) is 4.44. The molecule has 100 valence electrons. The Balaban J connectivity index is 1.99. The number of para-hydroxylation sites is 1. The van der Waals surface area contributed by atoms with Gasteiger partial charge in [0.15, 0.2) is 0 Å². The Kier molecular flexibility index (Phi) is 3.41. The van der Waals surface area contributed by atoms with E-state index in [0.717, 1.165) is 0 Å². The first kappa shape index (κ1) is 12.5. The highest BCUT2D eigenvalue weighted by Gasteiger charge is 2.22. The van der Waals surface area contributed by atoms with Crippen molar-refractivity contribution in [3.8, 4) is 5.69 Å². The van der Waals surface area contributed by atoms with Gasteiger partial charge < -0.3 is 0 Å². The van der Waals surface area contributed by atoms with E-state index in [2.05, 4.69) is 48.9 Å². The Bertz CT molecular complexity index is 548. The lowest BCUT2D eigenvalue weighted by molar-refractivity contribution is 0.434. The minimum atomic E-state index is 0.678. The maximum Gasteiger partial charge on any atom is 0.0691 e. The molecule has 1 aromatic carbocycles. The standard InChI is InChI=1S/C17H22N2/c1-13-14(2)19(16-11-7-4-8-12-16)18-17(13)15-9-5-3-6-10-15/h4,7-8,11-12,15H,3,5-6,9-10H2,1-2H3. The number of hydrogen-bond donors (Lipinski definition) is 0. The van der Waals surface area contributed by atoms with Crippen LogP contribution in [0.15, 0.2) is 30.3 Å². The Morgan fingerprint density at radius 1 is 1.00 bits per heavy atom. The number of nitrogens with zero attached hydrogens (tertiary/aromatic N) is 2. The quantitative estimate of drug-likeness (QED) is 0.769. The summed E-state index contributed by atoms with van der Waals surface area (Å²) < 4.78 is 2.11. The van der Waals surface area contributed by atoms with E-state index in [1.54, 1.807) is 0 Å². The van der Waals surface area contributed by atoms with Crippen LogP contribution in [0.4, 0.5) is 0 Å². The summed E-state index contributed by atoms with van der Waals surface area (Å²) in [6.45, 7) is 4.41. The number of aromatic nitrogens is 2. The van der Waals surface area contributed by atoms with Crippen molar-refractivity contribution in [1.82, 2.24) is 9.78 Å². The van der Waals surface area contributed by atoms with Crippen molar-refractivity contribution in [2.24, 2.45) is 0 Å². The van der Waals surface area contributed by atoms with Crippen LogP contribution in [0.25, 0.3) is 5.69 Å². The molecule has 1 aliphatic rings. The van der Waals surface area contributed by atoms with E-state index < -0.39 is 0 Å². The number of rotatable bonds is 2. The highest BCUT2D eigenvalue weighted by Crippen LogP contribution is 2.34. The van der Waals surface area contributed by atoms with Gasteiger partial charge in [-0.15, -0.1) is 0 Å². The maximum atomic E-state index is 4.92. The third-order valence-electron chi connectivity index (χ3n) is 4.44. The van der Waals surface area contributed by atoms with E-state index >= 15 is 0 Å². The van der Waals surface area contributed by atoms with Crippen molar-refractivity contribution in [3.63, 3.8) is 0 Å². The zero-order chi connectivity index (χ0) is 13.2. The first-order valence-electron chi connectivity index (χ1n) is 7.39. The summed E-state index contributed by atoms with van der Waals surface area (Å²) in [6, 6.07) is 10.5. The summed E-state index contributed by atoms with van der Waals surface area (Å²) >= 11 is 0. The van der Waals surface area contributed by atoms with E-state index in [0.29, 0.717) is 5.92 Å². The molecule has 0 saturated heterocycles. The SMILES string of the molecule is Cc1c(C2CCCCC2)nn(-c2ccccc2)c1C. The van der Waals surface area contributed by atoms with Gasteiger partial charge in [0, 0.05) is 11.6 Å². The van der Waals surface area contributed by atoms with Gasteiger partial charge >= 0.3 is 0 Å². The van der Waals surface area contributed by atoms with Gasteiger partial charge in [0.05, 0.1) is 11.4 Å². The molecule has 19 heavy (non-hydrogen) atoms. The molecule has 1 fully saturated rings. The normalized spacial score (nSPS) is 16.7. The monoisotopic (exact) mass is 254 g/mol. The summed E-state index contributed by atoms with van der Waals surface area (Å²) in [6.07, 6.45) is 6.74. The molecule has 1 heterocycles. The van der Waals surface area contributed by atoms with Gasteiger partial charge in [0.2, 0.25) is 0 Å². The average molecular weight is 254 g/mol. The minimum absolute atomic E-state index is 0.678. The van der Waals surface area contributed by atoms with Gasteiger partial charge in [0.25, 0.3) is 0 Å². The molecule has 1 aliphatic carbocycles. The second-order valence-electron chi connectivity index (χ2n) is 5.68. The first-order valence-corrected chi connectivity index (χ1v) is 7.39. The van der Waals surface area contributed by atoms with E-state index in [4.69, 9.17) is 5.10 Å². The number of hydrogen-bond acceptors (Lipinski definition) is 1. The third kappa shape index (κ3) is 2.32. The van der Waals surface area contributed by atoms with Crippen LogP contribution in [0.5, 0.6) is 0 Å². The molecule has 3 rings (SSSR count). The van der Waals surface area contributed by atoms with Crippen LogP contribution in [0.3, 0.4) is 0 Å². The summed E-state index contributed by atoms with van der Waals surface area (Å²) in [4.78, 5) is 0. The molecule has 0 aliphatic heterocycles. The molecule has 0 amide bonds. The van der Waals surface area contributed by atoms with Gasteiger partial charge in [-0.3, -0.25) is 0 Å². The van der Waals surface area contributed by atoms with E-state index in [9.17, 15) is 0 Å². The van der Waals surface area contributed by atoms with E-state index in [1.165, 1.54) is 54.7 Å². The van der Waals surface area contributed by atoms with Gasteiger partial charge in [-0.1, -0.05) is 37.5 Å². The van der Waals surface area contributed by atoms with Crippen molar-refractivity contribution in [2.45, 2.75) is 51.9 Å². The van der Waals surface area contributed by atoms with Crippen LogP contribution in [0.2, 0.25) is 0 Å². The molecule has 0 N–H and O–H groups in total. The average Bonchev–Trinajstić information content (AvgIpc) is 2.77.